The van der Waals surface area contributed by atoms with Crippen LogP contribution in [-0.2, 0) is 13.1 Å². The largest absolute Gasteiger partial charge is 0.308 e. The Morgan fingerprint density at radius 2 is 2.06 bits per heavy atom. The number of halogens is 2. The summed E-state index contributed by atoms with van der Waals surface area (Å²) < 4.78 is 2.01. The van der Waals surface area contributed by atoms with Gasteiger partial charge < -0.3 is 5.32 Å². The van der Waals surface area contributed by atoms with Crippen molar-refractivity contribution >= 4 is 38.9 Å². The number of rotatable bonds is 4. The summed E-state index contributed by atoms with van der Waals surface area (Å²) in [4.78, 5) is 1.26. The smallest absolute Gasteiger partial charge is 0.0931 e. The van der Waals surface area contributed by atoms with E-state index in [1.54, 1.807) is 11.3 Å². The predicted molar refractivity (Wildman–Crippen MR) is 78.8 cm³/mol. The second-order valence-electron chi connectivity index (χ2n) is 3.89. The Balaban J connectivity index is 1.87. The number of nitrogens with one attached hydrogen (secondary N) is 1. The highest BCUT2D eigenvalue weighted by atomic mass is 79.9. The second-order valence-corrected chi connectivity index (χ2v) is 6.55. The fraction of sp³-hybridized carbons (Fsp3) is 0.231. The number of benzene rings is 1. The SMILES string of the molecule is Cc1ccc(CNCc2ccc(Cl)s2)cc1Br. The summed E-state index contributed by atoms with van der Waals surface area (Å²) in [7, 11) is 0. The van der Waals surface area contributed by atoms with Crippen molar-refractivity contribution in [3.63, 3.8) is 0 Å². The van der Waals surface area contributed by atoms with Crippen molar-refractivity contribution in [2.75, 3.05) is 0 Å². The molecule has 0 aliphatic heterocycles. The molecule has 1 N–H and O–H groups in total. The zero-order chi connectivity index (χ0) is 12.3. The van der Waals surface area contributed by atoms with Crippen LogP contribution in [0.25, 0.3) is 0 Å². The van der Waals surface area contributed by atoms with Gasteiger partial charge in [-0.3, -0.25) is 0 Å². The third-order valence-electron chi connectivity index (χ3n) is 2.49. The first-order valence-corrected chi connectivity index (χ1v) is 7.34. The summed E-state index contributed by atoms with van der Waals surface area (Å²) in [5.74, 6) is 0. The monoisotopic (exact) mass is 329 g/mol. The molecule has 2 aromatic rings. The molecule has 4 heteroatoms. The van der Waals surface area contributed by atoms with Crippen LogP contribution in [0.3, 0.4) is 0 Å². The van der Waals surface area contributed by atoms with E-state index in [-0.39, 0.29) is 0 Å². The van der Waals surface area contributed by atoms with Crippen LogP contribution in [0.1, 0.15) is 16.0 Å². The van der Waals surface area contributed by atoms with Gasteiger partial charge in [0.1, 0.15) is 0 Å². The van der Waals surface area contributed by atoms with Crippen molar-refractivity contribution in [1.29, 1.82) is 0 Å². The Hall–Kier alpha value is -0.350. The first-order valence-electron chi connectivity index (χ1n) is 5.35. The van der Waals surface area contributed by atoms with Crippen LogP contribution in [0.2, 0.25) is 4.34 Å². The second kappa shape index (κ2) is 6.01. The molecule has 0 spiro atoms. The molecule has 0 saturated carbocycles. The third-order valence-corrected chi connectivity index (χ3v) is 4.58. The van der Waals surface area contributed by atoms with E-state index in [2.05, 4.69) is 52.4 Å². The molecule has 17 heavy (non-hydrogen) atoms. The van der Waals surface area contributed by atoms with Gasteiger partial charge >= 0.3 is 0 Å². The molecule has 0 aliphatic carbocycles. The molecule has 0 bridgehead atoms. The van der Waals surface area contributed by atoms with Crippen LogP contribution in [0, 0.1) is 6.92 Å². The van der Waals surface area contributed by atoms with Crippen LogP contribution in [0.5, 0.6) is 0 Å². The molecule has 0 atom stereocenters. The van der Waals surface area contributed by atoms with Crippen molar-refractivity contribution in [2.24, 2.45) is 0 Å². The van der Waals surface area contributed by atoms with Crippen LogP contribution >= 0.6 is 38.9 Å². The molecule has 1 nitrogen and oxygen atoms in total. The number of hydrogen-bond acceptors (Lipinski definition) is 2. The molecule has 0 aliphatic rings. The number of thiophene rings is 1. The first-order chi connectivity index (χ1) is 8.15. The fourth-order valence-electron chi connectivity index (χ4n) is 1.52. The lowest BCUT2D eigenvalue weighted by Gasteiger charge is -2.05. The maximum absolute atomic E-state index is 5.88. The van der Waals surface area contributed by atoms with Gasteiger partial charge in [-0.1, -0.05) is 39.7 Å². The highest BCUT2D eigenvalue weighted by Gasteiger charge is 1.99. The number of aryl methyl sites for hydroxylation is 1. The topological polar surface area (TPSA) is 12.0 Å². The van der Waals surface area contributed by atoms with E-state index in [9.17, 15) is 0 Å². The summed E-state index contributed by atoms with van der Waals surface area (Å²) in [6.45, 7) is 3.83. The minimum atomic E-state index is 0.847. The number of hydrogen-bond donors (Lipinski definition) is 1. The minimum absolute atomic E-state index is 0.847. The average Bonchev–Trinajstić information content (AvgIpc) is 2.70. The Kier molecular flexibility index (Phi) is 4.62. The van der Waals surface area contributed by atoms with Gasteiger partial charge in [-0.25, -0.2) is 0 Å². The lowest BCUT2D eigenvalue weighted by molar-refractivity contribution is 0.700. The third kappa shape index (κ3) is 3.81. The van der Waals surface area contributed by atoms with Gasteiger partial charge in [0.2, 0.25) is 0 Å². The van der Waals surface area contributed by atoms with E-state index in [0.717, 1.165) is 21.9 Å². The summed E-state index contributed by atoms with van der Waals surface area (Å²) >= 11 is 11.0. The van der Waals surface area contributed by atoms with Gasteiger partial charge in [0, 0.05) is 22.4 Å². The van der Waals surface area contributed by atoms with Crippen LogP contribution < -0.4 is 5.32 Å². The minimum Gasteiger partial charge on any atom is -0.308 e. The molecule has 90 valence electrons. The quantitative estimate of drug-likeness (QED) is 0.852. The van der Waals surface area contributed by atoms with E-state index in [1.807, 2.05) is 6.07 Å². The molecule has 1 aromatic carbocycles. The molecule has 0 saturated heterocycles. The van der Waals surface area contributed by atoms with E-state index in [0.29, 0.717) is 0 Å². The van der Waals surface area contributed by atoms with E-state index in [1.165, 1.54) is 16.0 Å². The maximum atomic E-state index is 5.88. The first kappa shape index (κ1) is 13.1. The van der Waals surface area contributed by atoms with Crippen LogP contribution in [0.15, 0.2) is 34.8 Å². The molecule has 0 fully saturated rings. The van der Waals surface area contributed by atoms with E-state index < -0.39 is 0 Å². The summed E-state index contributed by atoms with van der Waals surface area (Å²) in [6.07, 6.45) is 0. The van der Waals surface area contributed by atoms with Gasteiger partial charge in [0.15, 0.2) is 0 Å². The highest BCUT2D eigenvalue weighted by Crippen LogP contribution is 2.21. The van der Waals surface area contributed by atoms with Crippen molar-refractivity contribution in [3.05, 3.63) is 55.1 Å². The van der Waals surface area contributed by atoms with Gasteiger partial charge in [-0.15, -0.1) is 11.3 Å². The predicted octanol–water partition coefficient (Wildman–Crippen LogP) is 4.76. The molecule has 1 heterocycles. The van der Waals surface area contributed by atoms with E-state index >= 15 is 0 Å². The Bertz CT molecular complexity index is 510. The normalized spacial score (nSPS) is 10.8. The fourth-order valence-corrected chi connectivity index (χ4v) is 3.01. The molecular weight excluding hydrogens is 318 g/mol. The molecule has 2 rings (SSSR count). The van der Waals surface area contributed by atoms with Crippen LogP contribution in [0.4, 0.5) is 0 Å². The Morgan fingerprint density at radius 3 is 2.71 bits per heavy atom. The maximum Gasteiger partial charge on any atom is 0.0931 e. The molecule has 1 aromatic heterocycles. The lowest BCUT2D eigenvalue weighted by atomic mass is 10.1. The summed E-state index contributed by atoms with van der Waals surface area (Å²) in [5.41, 5.74) is 2.55. The van der Waals surface area contributed by atoms with Gasteiger partial charge in [0.05, 0.1) is 4.34 Å². The van der Waals surface area contributed by atoms with Crippen LogP contribution in [-0.4, -0.2) is 0 Å². The highest BCUT2D eigenvalue weighted by molar-refractivity contribution is 9.10. The molecule has 0 amide bonds. The van der Waals surface area contributed by atoms with Crippen molar-refractivity contribution in [1.82, 2.24) is 5.32 Å². The standard InChI is InChI=1S/C13H13BrClNS/c1-9-2-3-10(6-12(9)14)7-16-8-11-4-5-13(15)17-11/h2-6,16H,7-8H2,1H3. The average molecular weight is 331 g/mol. The summed E-state index contributed by atoms with van der Waals surface area (Å²) in [6, 6.07) is 10.4. The Labute approximate surface area is 119 Å². The van der Waals surface area contributed by atoms with Gasteiger partial charge in [0.25, 0.3) is 0 Å². The molecular formula is C13H13BrClNS. The van der Waals surface area contributed by atoms with Crippen molar-refractivity contribution < 1.29 is 0 Å². The molecule has 0 radical (unpaired) electrons. The zero-order valence-electron chi connectivity index (χ0n) is 9.47. The van der Waals surface area contributed by atoms with Gasteiger partial charge in [-0.05, 0) is 36.2 Å². The Morgan fingerprint density at radius 1 is 1.24 bits per heavy atom. The zero-order valence-corrected chi connectivity index (χ0v) is 12.6. The summed E-state index contributed by atoms with van der Waals surface area (Å²) in [5, 5.41) is 3.41. The van der Waals surface area contributed by atoms with Crippen molar-refractivity contribution in [2.45, 2.75) is 20.0 Å². The van der Waals surface area contributed by atoms with Crippen molar-refractivity contribution in [3.8, 4) is 0 Å². The van der Waals surface area contributed by atoms with Gasteiger partial charge in [-0.2, -0.15) is 0 Å². The molecule has 0 unspecified atom stereocenters. The van der Waals surface area contributed by atoms with E-state index in [4.69, 9.17) is 11.6 Å². The lowest BCUT2D eigenvalue weighted by Crippen LogP contribution is -2.11.